The van der Waals surface area contributed by atoms with Crippen LogP contribution in [0, 0.1) is 0 Å². The first-order valence-electron chi connectivity index (χ1n) is 5.96. The van der Waals surface area contributed by atoms with Crippen molar-refractivity contribution in [3.05, 3.63) is 32.8 Å². The van der Waals surface area contributed by atoms with Gasteiger partial charge in [0.25, 0.3) is 0 Å². The lowest BCUT2D eigenvalue weighted by molar-refractivity contribution is -0.0695. The molecule has 1 saturated carbocycles. The van der Waals surface area contributed by atoms with Crippen LogP contribution in [0.3, 0.4) is 0 Å². The Labute approximate surface area is 123 Å². The van der Waals surface area contributed by atoms with Crippen molar-refractivity contribution in [1.29, 1.82) is 0 Å². The van der Waals surface area contributed by atoms with E-state index in [1.807, 2.05) is 0 Å². The van der Waals surface area contributed by atoms with Crippen LogP contribution in [-0.2, 0) is 11.3 Å². The number of hydrogen-bond donors (Lipinski definition) is 1. The summed E-state index contributed by atoms with van der Waals surface area (Å²) in [6.45, 7) is 1.41. The maximum Gasteiger partial charge on any atom is 0.0802 e. The number of nitrogens with one attached hydrogen (secondary N) is 1. The molecule has 2 rings (SSSR count). The molecule has 0 unspecified atom stereocenters. The van der Waals surface area contributed by atoms with Gasteiger partial charge in [-0.3, -0.25) is 0 Å². The van der Waals surface area contributed by atoms with Crippen molar-refractivity contribution in [3.8, 4) is 0 Å². The van der Waals surface area contributed by atoms with E-state index in [1.54, 1.807) is 19.2 Å². The fraction of sp³-hybridized carbons (Fsp3) is 0.538. The summed E-state index contributed by atoms with van der Waals surface area (Å²) in [6.07, 6.45) is 3.44. The molecule has 1 N–H and O–H groups in total. The van der Waals surface area contributed by atoms with Crippen LogP contribution in [0.2, 0.25) is 15.1 Å². The highest BCUT2D eigenvalue weighted by molar-refractivity contribution is 6.44. The maximum absolute atomic E-state index is 6.14. The fourth-order valence-corrected chi connectivity index (χ4v) is 2.85. The lowest BCUT2D eigenvalue weighted by atomic mass is 9.80. The van der Waals surface area contributed by atoms with E-state index in [4.69, 9.17) is 39.5 Å². The van der Waals surface area contributed by atoms with Crippen LogP contribution in [0.15, 0.2) is 12.1 Å². The quantitative estimate of drug-likeness (QED) is 0.819. The van der Waals surface area contributed by atoms with Gasteiger partial charge in [0.1, 0.15) is 0 Å². The molecule has 0 radical (unpaired) electrons. The molecule has 1 fully saturated rings. The van der Waals surface area contributed by atoms with Crippen LogP contribution in [0.4, 0.5) is 0 Å². The third-order valence-electron chi connectivity index (χ3n) is 3.59. The Hall–Kier alpha value is 0.01000. The summed E-state index contributed by atoms with van der Waals surface area (Å²) >= 11 is 18.2. The molecule has 18 heavy (non-hydrogen) atoms. The number of ether oxygens (including phenoxy) is 1. The summed E-state index contributed by atoms with van der Waals surface area (Å²) in [5, 5.41) is 5.04. The third kappa shape index (κ3) is 2.94. The van der Waals surface area contributed by atoms with E-state index in [9.17, 15) is 0 Å². The van der Waals surface area contributed by atoms with Crippen molar-refractivity contribution in [2.75, 3.05) is 13.7 Å². The van der Waals surface area contributed by atoms with Gasteiger partial charge in [0.2, 0.25) is 0 Å². The van der Waals surface area contributed by atoms with Gasteiger partial charge in [-0.15, -0.1) is 0 Å². The largest absolute Gasteiger partial charge is 0.377 e. The molecule has 1 aliphatic carbocycles. The molecule has 0 aliphatic heterocycles. The third-order valence-corrected chi connectivity index (χ3v) is 4.78. The minimum Gasteiger partial charge on any atom is -0.377 e. The molecule has 1 aliphatic rings. The predicted octanol–water partition coefficient (Wildman–Crippen LogP) is 4.31. The highest BCUT2D eigenvalue weighted by Gasteiger charge is 2.36. The minimum atomic E-state index is -0.00245. The fourth-order valence-electron chi connectivity index (χ4n) is 2.17. The van der Waals surface area contributed by atoms with Crippen LogP contribution in [0.1, 0.15) is 24.8 Å². The smallest absolute Gasteiger partial charge is 0.0802 e. The van der Waals surface area contributed by atoms with Gasteiger partial charge in [0.05, 0.1) is 15.6 Å². The second-order valence-corrected chi connectivity index (χ2v) is 5.86. The van der Waals surface area contributed by atoms with Crippen LogP contribution in [0.25, 0.3) is 0 Å². The topological polar surface area (TPSA) is 21.3 Å². The molecule has 0 bridgehead atoms. The number of rotatable bonds is 5. The summed E-state index contributed by atoms with van der Waals surface area (Å²) in [7, 11) is 1.76. The van der Waals surface area contributed by atoms with E-state index in [2.05, 4.69) is 5.32 Å². The number of hydrogen-bond acceptors (Lipinski definition) is 2. The molecule has 1 aromatic carbocycles. The zero-order valence-corrected chi connectivity index (χ0v) is 12.5. The van der Waals surface area contributed by atoms with Crippen LogP contribution in [0.5, 0.6) is 0 Å². The average molecular weight is 309 g/mol. The monoisotopic (exact) mass is 307 g/mol. The zero-order chi connectivity index (χ0) is 13.2. The lowest BCUT2D eigenvalue weighted by Crippen LogP contribution is -2.47. The van der Waals surface area contributed by atoms with Gasteiger partial charge >= 0.3 is 0 Å². The van der Waals surface area contributed by atoms with Crippen LogP contribution < -0.4 is 5.32 Å². The molecule has 0 heterocycles. The summed E-state index contributed by atoms with van der Waals surface area (Å²) in [5.41, 5.74) is 0.841. The lowest BCUT2D eigenvalue weighted by Gasteiger charge is -2.40. The second-order valence-electron chi connectivity index (χ2n) is 4.67. The van der Waals surface area contributed by atoms with Crippen molar-refractivity contribution < 1.29 is 4.74 Å². The summed E-state index contributed by atoms with van der Waals surface area (Å²) in [4.78, 5) is 0. The van der Waals surface area contributed by atoms with Crippen molar-refractivity contribution in [2.45, 2.75) is 31.4 Å². The molecule has 5 heteroatoms. The maximum atomic E-state index is 6.14. The summed E-state index contributed by atoms with van der Waals surface area (Å²) < 4.78 is 5.54. The van der Waals surface area contributed by atoms with Crippen LogP contribution >= 0.6 is 34.8 Å². The number of halogens is 3. The van der Waals surface area contributed by atoms with Gasteiger partial charge in [-0.25, -0.2) is 0 Å². The highest BCUT2D eigenvalue weighted by Crippen LogP contribution is 2.35. The molecule has 0 amide bonds. The summed E-state index contributed by atoms with van der Waals surface area (Å²) in [6, 6.07) is 3.47. The van der Waals surface area contributed by atoms with E-state index in [0.29, 0.717) is 21.6 Å². The van der Waals surface area contributed by atoms with E-state index in [1.165, 1.54) is 6.42 Å². The van der Waals surface area contributed by atoms with Gasteiger partial charge in [0, 0.05) is 30.8 Å². The standard InChI is InChI=1S/C13H16Cl3NO/c1-18-13(5-2-6-13)8-17-7-9-10(14)3-4-11(15)12(9)16/h3-4,17H,2,5-8H2,1H3. The normalized spacial score (nSPS) is 17.6. The second kappa shape index (κ2) is 5.98. The molecule has 1 aromatic rings. The van der Waals surface area contributed by atoms with E-state index < -0.39 is 0 Å². The molecule has 0 spiro atoms. The van der Waals surface area contributed by atoms with E-state index >= 15 is 0 Å². The number of benzene rings is 1. The Kier molecular flexibility index (Phi) is 4.79. The molecule has 100 valence electrons. The van der Waals surface area contributed by atoms with E-state index in [0.717, 1.165) is 24.9 Å². The van der Waals surface area contributed by atoms with E-state index in [-0.39, 0.29) is 5.60 Å². The van der Waals surface area contributed by atoms with Crippen LogP contribution in [-0.4, -0.2) is 19.3 Å². The molecule has 0 saturated heterocycles. The highest BCUT2D eigenvalue weighted by atomic mass is 35.5. The Morgan fingerprint density at radius 2 is 1.89 bits per heavy atom. The Morgan fingerprint density at radius 3 is 2.44 bits per heavy atom. The molecule has 2 nitrogen and oxygen atoms in total. The van der Waals surface area contributed by atoms with Crippen molar-refractivity contribution >= 4 is 34.8 Å². The van der Waals surface area contributed by atoms with Gasteiger partial charge in [-0.2, -0.15) is 0 Å². The van der Waals surface area contributed by atoms with Gasteiger partial charge in [-0.1, -0.05) is 34.8 Å². The van der Waals surface area contributed by atoms with Gasteiger partial charge < -0.3 is 10.1 Å². The number of methoxy groups -OCH3 is 1. The Bertz CT molecular complexity index is 427. The van der Waals surface area contributed by atoms with Crippen molar-refractivity contribution in [1.82, 2.24) is 5.32 Å². The predicted molar refractivity (Wildman–Crippen MR) is 76.8 cm³/mol. The van der Waals surface area contributed by atoms with Crippen molar-refractivity contribution in [2.24, 2.45) is 0 Å². The molecular weight excluding hydrogens is 293 g/mol. The Balaban J connectivity index is 1.96. The first kappa shape index (κ1) is 14.4. The zero-order valence-electron chi connectivity index (χ0n) is 10.2. The molecule has 0 aromatic heterocycles. The minimum absolute atomic E-state index is 0.00245. The molecule has 0 atom stereocenters. The van der Waals surface area contributed by atoms with Gasteiger partial charge in [-0.05, 0) is 31.4 Å². The molecular formula is C13H16Cl3NO. The first-order valence-corrected chi connectivity index (χ1v) is 7.10. The SMILES string of the molecule is COC1(CNCc2c(Cl)ccc(Cl)c2Cl)CCC1. The average Bonchev–Trinajstić information content (AvgIpc) is 2.31. The Morgan fingerprint density at radius 1 is 1.22 bits per heavy atom. The summed E-state index contributed by atoms with van der Waals surface area (Å²) in [5.74, 6) is 0. The first-order chi connectivity index (χ1) is 8.58. The van der Waals surface area contributed by atoms with Crippen molar-refractivity contribution in [3.63, 3.8) is 0 Å². The van der Waals surface area contributed by atoms with Gasteiger partial charge in [0.15, 0.2) is 0 Å².